The molecule has 0 spiro atoms. The van der Waals surface area contributed by atoms with Crippen LogP contribution in [0.15, 0.2) is 0 Å². The molecule has 15 heavy (non-hydrogen) atoms. The number of carbonyl (C=O) groups is 1. The van der Waals surface area contributed by atoms with Crippen molar-refractivity contribution in [2.24, 2.45) is 0 Å². The zero-order valence-electron chi connectivity index (χ0n) is 9.95. The van der Waals surface area contributed by atoms with Gasteiger partial charge in [0.2, 0.25) is 0 Å². The number of esters is 1. The molecular weight excluding hydrogens is 192 g/mol. The Kier molecular flexibility index (Phi) is 5.05. The van der Waals surface area contributed by atoms with Gasteiger partial charge in [-0.1, -0.05) is 0 Å². The van der Waals surface area contributed by atoms with Crippen molar-refractivity contribution < 1.29 is 9.53 Å². The second-order valence-corrected chi connectivity index (χ2v) is 4.34. The van der Waals surface area contributed by atoms with Gasteiger partial charge < -0.3 is 15.0 Å². The highest BCUT2D eigenvalue weighted by Crippen LogP contribution is 2.20. The van der Waals surface area contributed by atoms with Gasteiger partial charge in [0.25, 0.3) is 0 Å². The van der Waals surface area contributed by atoms with Gasteiger partial charge in [-0.2, -0.15) is 0 Å². The molecule has 0 bridgehead atoms. The number of carbonyl (C=O) groups excluding carboxylic acids is 1. The smallest absolute Gasteiger partial charge is 0.323 e. The average Bonchev–Trinajstić information content (AvgIpc) is 2.95. The van der Waals surface area contributed by atoms with Gasteiger partial charge in [0, 0.05) is 6.04 Å². The number of hydrogen-bond acceptors (Lipinski definition) is 4. The molecule has 1 rings (SSSR count). The zero-order valence-corrected chi connectivity index (χ0v) is 9.95. The second kappa shape index (κ2) is 6.08. The standard InChI is InChI=1S/C11H22N2O2/c1-4-15-11(14)10(7-8-13(2)3)12-9-5-6-9/h9-10,12H,4-8H2,1-3H3. The van der Waals surface area contributed by atoms with E-state index in [0.29, 0.717) is 12.6 Å². The van der Waals surface area contributed by atoms with Gasteiger partial charge in [-0.05, 0) is 46.8 Å². The van der Waals surface area contributed by atoms with E-state index >= 15 is 0 Å². The lowest BCUT2D eigenvalue weighted by molar-refractivity contribution is -0.146. The van der Waals surface area contributed by atoms with Gasteiger partial charge in [-0.3, -0.25) is 4.79 Å². The summed E-state index contributed by atoms with van der Waals surface area (Å²) in [5.41, 5.74) is 0. The number of nitrogens with zero attached hydrogens (tertiary/aromatic N) is 1. The van der Waals surface area contributed by atoms with Crippen LogP contribution in [-0.2, 0) is 9.53 Å². The third-order valence-corrected chi connectivity index (χ3v) is 2.45. The first-order valence-electron chi connectivity index (χ1n) is 5.71. The normalized spacial score (nSPS) is 17.9. The molecule has 0 aliphatic heterocycles. The Morgan fingerprint density at radius 2 is 2.20 bits per heavy atom. The number of hydrogen-bond donors (Lipinski definition) is 1. The van der Waals surface area contributed by atoms with Crippen molar-refractivity contribution >= 4 is 5.97 Å². The summed E-state index contributed by atoms with van der Waals surface area (Å²) in [6, 6.07) is 0.418. The summed E-state index contributed by atoms with van der Waals surface area (Å²) in [5, 5.41) is 3.33. The van der Waals surface area contributed by atoms with Crippen LogP contribution in [0.5, 0.6) is 0 Å². The second-order valence-electron chi connectivity index (χ2n) is 4.34. The molecule has 1 fully saturated rings. The molecule has 88 valence electrons. The molecule has 0 aromatic heterocycles. The van der Waals surface area contributed by atoms with E-state index in [0.717, 1.165) is 13.0 Å². The van der Waals surface area contributed by atoms with E-state index in [9.17, 15) is 4.79 Å². The molecule has 1 aliphatic rings. The van der Waals surface area contributed by atoms with Crippen LogP contribution in [0.2, 0.25) is 0 Å². The lowest BCUT2D eigenvalue weighted by Gasteiger charge is -2.19. The van der Waals surface area contributed by atoms with Gasteiger partial charge in [-0.25, -0.2) is 0 Å². The van der Waals surface area contributed by atoms with Crippen molar-refractivity contribution in [1.82, 2.24) is 10.2 Å². The summed E-state index contributed by atoms with van der Waals surface area (Å²) >= 11 is 0. The van der Waals surface area contributed by atoms with Crippen LogP contribution in [-0.4, -0.2) is 50.2 Å². The molecule has 0 aromatic rings. The van der Waals surface area contributed by atoms with E-state index in [1.807, 2.05) is 21.0 Å². The Morgan fingerprint density at radius 3 is 2.67 bits per heavy atom. The van der Waals surface area contributed by atoms with Crippen LogP contribution in [0, 0.1) is 0 Å². The van der Waals surface area contributed by atoms with E-state index in [4.69, 9.17) is 4.74 Å². The molecule has 1 aliphatic carbocycles. The predicted molar refractivity (Wildman–Crippen MR) is 59.7 cm³/mol. The largest absolute Gasteiger partial charge is 0.465 e. The molecule has 1 N–H and O–H groups in total. The highest BCUT2D eigenvalue weighted by molar-refractivity contribution is 5.75. The molecule has 0 amide bonds. The van der Waals surface area contributed by atoms with Crippen LogP contribution >= 0.6 is 0 Å². The van der Waals surface area contributed by atoms with E-state index in [2.05, 4.69) is 10.2 Å². The molecule has 1 unspecified atom stereocenters. The van der Waals surface area contributed by atoms with Crippen LogP contribution in [0.3, 0.4) is 0 Å². The number of nitrogens with one attached hydrogen (secondary N) is 1. The zero-order chi connectivity index (χ0) is 11.3. The van der Waals surface area contributed by atoms with Gasteiger partial charge in [-0.15, -0.1) is 0 Å². The maximum Gasteiger partial charge on any atom is 0.323 e. The Morgan fingerprint density at radius 1 is 1.53 bits per heavy atom. The van der Waals surface area contributed by atoms with E-state index in [-0.39, 0.29) is 12.0 Å². The topological polar surface area (TPSA) is 41.6 Å². The van der Waals surface area contributed by atoms with Crippen molar-refractivity contribution in [2.45, 2.75) is 38.3 Å². The summed E-state index contributed by atoms with van der Waals surface area (Å²) in [5.74, 6) is -0.105. The first-order valence-corrected chi connectivity index (χ1v) is 5.71. The van der Waals surface area contributed by atoms with Crippen molar-refractivity contribution in [3.63, 3.8) is 0 Å². The Bertz CT molecular complexity index is 203. The highest BCUT2D eigenvalue weighted by Gasteiger charge is 2.28. The molecule has 4 heteroatoms. The van der Waals surface area contributed by atoms with Crippen LogP contribution in [0.4, 0.5) is 0 Å². The molecule has 4 nitrogen and oxygen atoms in total. The van der Waals surface area contributed by atoms with Gasteiger partial charge in [0.15, 0.2) is 0 Å². The summed E-state index contributed by atoms with van der Waals surface area (Å²) in [6.07, 6.45) is 3.21. The third-order valence-electron chi connectivity index (χ3n) is 2.45. The quantitative estimate of drug-likeness (QED) is 0.631. The Balaban J connectivity index is 2.32. The lowest BCUT2D eigenvalue weighted by Crippen LogP contribution is -2.41. The molecule has 0 saturated heterocycles. The number of ether oxygens (including phenoxy) is 1. The Hall–Kier alpha value is -0.610. The maximum absolute atomic E-state index is 11.6. The first-order chi connectivity index (χ1) is 7.13. The van der Waals surface area contributed by atoms with Gasteiger partial charge in [0.1, 0.15) is 6.04 Å². The summed E-state index contributed by atoms with van der Waals surface area (Å²) in [6.45, 7) is 3.21. The van der Waals surface area contributed by atoms with Crippen molar-refractivity contribution in [1.29, 1.82) is 0 Å². The fraction of sp³-hybridized carbons (Fsp3) is 0.909. The minimum absolute atomic E-state index is 0.105. The maximum atomic E-state index is 11.6. The lowest BCUT2D eigenvalue weighted by atomic mass is 10.2. The third kappa shape index (κ3) is 5.14. The average molecular weight is 214 g/mol. The van der Waals surface area contributed by atoms with Crippen molar-refractivity contribution in [2.75, 3.05) is 27.2 Å². The van der Waals surface area contributed by atoms with Crippen molar-refractivity contribution in [3.05, 3.63) is 0 Å². The number of rotatable bonds is 7. The molecule has 0 radical (unpaired) electrons. The fourth-order valence-electron chi connectivity index (χ4n) is 1.43. The SMILES string of the molecule is CCOC(=O)C(CCN(C)C)NC1CC1. The van der Waals surface area contributed by atoms with Crippen molar-refractivity contribution in [3.8, 4) is 0 Å². The predicted octanol–water partition coefficient (Wildman–Crippen LogP) is 0.622. The van der Waals surface area contributed by atoms with E-state index < -0.39 is 0 Å². The monoisotopic (exact) mass is 214 g/mol. The highest BCUT2D eigenvalue weighted by atomic mass is 16.5. The van der Waals surface area contributed by atoms with E-state index in [1.165, 1.54) is 12.8 Å². The molecule has 1 saturated carbocycles. The van der Waals surface area contributed by atoms with E-state index in [1.54, 1.807) is 0 Å². The van der Waals surface area contributed by atoms with Gasteiger partial charge in [0.05, 0.1) is 6.61 Å². The van der Waals surface area contributed by atoms with Crippen LogP contribution < -0.4 is 5.32 Å². The summed E-state index contributed by atoms with van der Waals surface area (Å²) in [4.78, 5) is 13.7. The Labute approximate surface area is 92.0 Å². The van der Waals surface area contributed by atoms with Crippen LogP contribution in [0.1, 0.15) is 26.2 Å². The van der Waals surface area contributed by atoms with Crippen LogP contribution in [0.25, 0.3) is 0 Å². The first kappa shape index (κ1) is 12.5. The minimum Gasteiger partial charge on any atom is -0.465 e. The molecular formula is C11H22N2O2. The summed E-state index contributed by atoms with van der Waals surface area (Å²) in [7, 11) is 4.03. The molecule has 0 aromatic carbocycles. The molecule has 0 heterocycles. The van der Waals surface area contributed by atoms with Gasteiger partial charge >= 0.3 is 5.97 Å². The molecule has 1 atom stereocenters. The fourth-order valence-corrected chi connectivity index (χ4v) is 1.43. The minimum atomic E-state index is -0.125. The summed E-state index contributed by atoms with van der Waals surface area (Å²) < 4.78 is 5.05.